The number of anilines is 1. The summed E-state index contributed by atoms with van der Waals surface area (Å²) >= 11 is 0. The van der Waals surface area contributed by atoms with E-state index < -0.39 is 0 Å². The van der Waals surface area contributed by atoms with Crippen molar-refractivity contribution in [3.05, 3.63) is 23.9 Å². The van der Waals surface area contributed by atoms with Crippen LogP contribution in [0.25, 0.3) is 0 Å². The average molecular weight is 263 g/mol. The maximum Gasteiger partial charge on any atom is 0.255 e. The lowest BCUT2D eigenvalue weighted by molar-refractivity contribution is 0.0648. The molecule has 0 spiro atoms. The van der Waals surface area contributed by atoms with E-state index in [9.17, 15) is 9.90 Å². The molecule has 1 saturated heterocycles. The minimum Gasteiger partial charge on any atom is -0.394 e. The summed E-state index contributed by atoms with van der Waals surface area (Å²) in [5.74, 6) is 1.13. The molecule has 5 heteroatoms. The zero-order chi connectivity index (χ0) is 14.0. The van der Waals surface area contributed by atoms with Crippen LogP contribution in [0.4, 0.5) is 5.82 Å². The molecule has 1 aliphatic rings. The van der Waals surface area contributed by atoms with Gasteiger partial charge in [-0.3, -0.25) is 4.79 Å². The van der Waals surface area contributed by atoms with Crippen molar-refractivity contribution in [2.45, 2.75) is 19.4 Å². The minimum atomic E-state index is -0.0685. The van der Waals surface area contributed by atoms with Crippen molar-refractivity contribution in [2.24, 2.45) is 5.92 Å². The monoisotopic (exact) mass is 263 g/mol. The lowest BCUT2D eigenvalue weighted by Gasteiger charge is -2.25. The Bertz CT molecular complexity index is 445. The standard InChI is InChI=1S/C14H21N3O2/c1-10-6-7-17(12(10)9-18)14(19)11-4-5-13(15-8-11)16(2)3/h4-5,8,10,12,18H,6-7,9H2,1-3H3. The highest BCUT2D eigenvalue weighted by Crippen LogP contribution is 2.25. The van der Waals surface area contributed by atoms with Crippen molar-refractivity contribution < 1.29 is 9.90 Å². The maximum atomic E-state index is 12.4. The molecule has 1 N–H and O–H groups in total. The van der Waals surface area contributed by atoms with Crippen molar-refractivity contribution in [2.75, 3.05) is 32.1 Å². The highest BCUT2D eigenvalue weighted by Gasteiger charge is 2.34. The first-order chi connectivity index (χ1) is 9.04. The van der Waals surface area contributed by atoms with Gasteiger partial charge in [0.05, 0.1) is 18.2 Å². The second kappa shape index (κ2) is 5.57. The molecule has 0 bridgehead atoms. The molecule has 5 nitrogen and oxygen atoms in total. The largest absolute Gasteiger partial charge is 0.394 e. The first-order valence-electron chi connectivity index (χ1n) is 6.59. The number of nitrogens with zero attached hydrogens (tertiary/aromatic N) is 3. The Morgan fingerprint density at radius 2 is 2.26 bits per heavy atom. The van der Waals surface area contributed by atoms with Crippen LogP contribution in [0.5, 0.6) is 0 Å². The quantitative estimate of drug-likeness (QED) is 0.883. The fourth-order valence-corrected chi connectivity index (χ4v) is 2.48. The second-order valence-electron chi connectivity index (χ2n) is 5.31. The number of hydrogen-bond acceptors (Lipinski definition) is 4. The maximum absolute atomic E-state index is 12.4. The molecule has 2 atom stereocenters. The molecule has 2 rings (SSSR count). The van der Waals surface area contributed by atoms with E-state index in [1.165, 1.54) is 0 Å². The van der Waals surface area contributed by atoms with Gasteiger partial charge in [0.15, 0.2) is 0 Å². The van der Waals surface area contributed by atoms with Gasteiger partial charge in [-0.25, -0.2) is 4.98 Å². The number of aliphatic hydroxyl groups excluding tert-OH is 1. The SMILES string of the molecule is CC1CCN(C(=O)c2ccc(N(C)C)nc2)C1CO. The Balaban J connectivity index is 2.15. The highest BCUT2D eigenvalue weighted by atomic mass is 16.3. The number of amides is 1. The summed E-state index contributed by atoms with van der Waals surface area (Å²) in [5, 5.41) is 9.40. The summed E-state index contributed by atoms with van der Waals surface area (Å²) in [6.45, 7) is 2.80. The Morgan fingerprint density at radius 1 is 1.53 bits per heavy atom. The van der Waals surface area contributed by atoms with Gasteiger partial charge < -0.3 is 14.9 Å². The molecular formula is C14H21N3O2. The molecule has 104 valence electrons. The summed E-state index contributed by atoms with van der Waals surface area (Å²) < 4.78 is 0. The van der Waals surface area contributed by atoms with E-state index in [0.29, 0.717) is 18.0 Å². The van der Waals surface area contributed by atoms with Crippen LogP contribution in [0.15, 0.2) is 18.3 Å². The molecule has 0 aromatic carbocycles. The first-order valence-corrected chi connectivity index (χ1v) is 6.59. The molecule has 1 amide bonds. The van der Waals surface area contributed by atoms with Crippen LogP contribution in [-0.2, 0) is 0 Å². The molecule has 2 heterocycles. The van der Waals surface area contributed by atoms with E-state index in [-0.39, 0.29) is 18.6 Å². The third-order valence-corrected chi connectivity index (χ3v) is 3.78. The van der Waals surface area contributed by atoms with Crippen molar-refractivity contribution >= 4 is 11.7 Å². The van der Waals surface area contributed by atoms with E-state index in [0.717, 1.165) is 12.2 Å². The Hall–Kier alpha value is -1.62. The third kappa shape index (κ3) is 2.71. The first kappa shape index (κ1) is 13.8. The lowest BCUT2D eigenvalue weighted by Crippen LogP contribution is -2.39. The van der Waals surface area contributed by atoms with Crippen LogP contribution in [0.1, 0.15) is 23.7 Å². The van der Waals surface area contributed by atoms with Gasteiger partial charge in [-0.1, -0.05) is 6.92 Å². The number of carbonyl (C=O) groups is 1. The highest BCUT2D eigenvalue weighted by molar-refractivity contribution is 5.94. The van der Waals surface area contributed by atoms with Gasteiger partial charge in [0.25, 0.3) is 5.91 Å². The minimum absolute atomic E-state index is 0.0239. The topological polar surface area (TPSA) is 56.7 Å². The van der Waals surface area contributed by atoms with E-state index in [2.05, 4.69) is 11.9 Å². The van der Waals surface area contributed by atoms with Gasteiger partial charge >= 0.3 is 0 Å². The van der Waals surface area contributed by atoms with E-state index in [1.54, 1.807) is 17.2 Å². The van der Waals surface area contributed by atoms with Crippen molar-refractivity contribution in [1.29, 1.82) is 0 Å². The summed E-state index contributed by atoms with van der Waals surface area (Å²) in [4.78, 5) is 20.3. The van der Waals surface area contributed by atoms with Crippen LogP contribution < -0.4 is 4.90 Å². The number of hydrogen-bond donors (Lipinski definition) is 1. The number of likely N-dealkylation sites (tertiary alicyclic amines) is 1. The normalized spacial score (nSPS) is 22.6. The molecule has 1 aromatic heterocycles. The number of carbonyl (C=O) groups excluding carboxylic acids is 1. The zero-order valence-electron chi connectivity index (χ0n) is 11.7. The zero-order valence-corrected chi connectivity index (χ0v) is 11.7. The molecule has 2 unspecified atom stereocenters. The average Bonchev–Trinajstić information content (AvgIpc) is 2.79. The predicted molar refractivity (Wildman–Crippen MR) is 74.3 cm³/mol. The van der Waals surface area contributed by atoms with Gasteiger partial charge in [-0.05, 0) is 24.5 Å². The Morgan fingerprint density at radius 3 is 2.79 bits per heavy atom. The van der Waals surface area contributed by atoms with Crippen LogP contribution in [0.2, 0.25) is 0 Å². The van der Waals surface area contributed by atoms with Gasteiger partial charge in [0.2, 0.25) is 0 Å². The number of aliphatic hydroxyl groups is 1. The Kier molecular flexibility index (Phi) is 4.04. The van der Waals surface area contributed by atoms with Crippen LogP contribution in [0, 0.1) is 5.92 Å². The molecule has 1 aromatic rings. The molecule has 0 aliphatic carbocycles. The van der Waals surface area contributed by atoms with E-state index in [1.807, 2.05) is 25.1 Å². The van der Waals surface area contributed by atoms with Crippen molar-refractivity contribution in [3.8, 4) is 0 Å². The van der Waals surface area contributed by atoms with Gasteiger partial charge in [-0.15, -0.1) is 0 Å². The molecular weight excluding hydrogens is 242 g/mol. The number of aromatic nitrogens is 1. The van der Waals surface area contributed by atoms with Crippen LogP contribution in [-0.4, -0.2) is 54.2 Å². The van der Waals surface area contributed by atoms with Crippen molar-refractivity contribution in [1.82, 2.24) is 9.88 Å². The van der Waals surface area contributed by atoms with E-state index >= 15 is 0 Å². The van der Waals surface area contributed by atoms with Crippen LogP contribution in [0.3, 0.4) is 0 Å². The lowest BCUT2D eigenvalue weighted by atomic mass is 10.0. The van der Waals surface area contributed by atoms with E-state index in [4.69, 9.17) is 0 Å². The fraction of sp³-hybridized carbons (Fsp3) is 0.571. The van der Waals surface area contributed by atoms with Gasteiger partial charge in [0.1, 0.15) is 5.82 Å². The van der Waals surface area contributed by atoms with Crippen LogP contribution >= 0.6 is 0 Å². The third-order valence-electron chi connectivity index (χ3n) is 3.78. The second-order valence-corrected chi connectivity index (χ2v) is 5.31. The summed E-state index contributed by atoms with van der Waals surface area (Å²) in [7, 11) is 3.82. The van der Waals surface area contributed by atoms with Gasteiger partial charge in [0, 0.05) is 26.8 Å². The predicted octanol–water partition coefficient (Wildman–Crippen LogP) is 0.990. The summed E-state index contributed by atoms with van der Waals surface area (Å²) in [5.41, 5.74) is 0.582. The molecule has 0 radical (unpaired) electrons. The molecule has 0 saturated carbocycles. The van der Waals surface area contributed by atoms with Gasteiger partial charge in [-0.2, -0.15) is 0 Å². The summed E-state index contributed by atoms with van der Waals surface area (Å²) in [6, 6.07) is 3.56. The number of rotatable bonds is 3. The fourth-order valence-electron chi connectivity index (χ4n) is 2.48. The molecule has 1 aliphatic heterocycles. The summed E-state index contributed by atoms with van der Waals surface area (Å²) in [6.07, 6.45) is 2.55. The smallest absolute Gasteiger partial charge is 0.255 e. The Labute approximate surface area is 113 Å². The molecule has 1 fully saturated rings. The molecule has 19 heavy (non-hydrogen) atoms. The number of pyridine rings is 1. The van der Waals surface area contributed by atoms with Crippen molar-refractivity contribution in [3.63, 3.8) is 0 Å².